The number of nitrogens with zero attached hydrogens (tertiary/aromatic N) is 1. The van der Waals surface area contributed by atoms with Gasteiger partial charge in [0.2, 0.25) is 11.8 Å². The molecular weight excluding hydrogens is 346 g/mol. The summed E-state index contributed by atoms with van der Waals surface area (Å²) in [6.45, 7) is 7.67. The fraction of sp³-hybridized carbons (Fsp3) is 0.750. The molecule has 4 fully saturated rings. The molecule has 26 heavy (non-hydrogen) atoms. The molecule has 0 spiro atoms. The van der Waals surface area contributed by atoms with Crippen LogP contribution in [0.3, 0.4) is 0 Å². The zero-order valence-corrected chi connectivity index (χ0v) is 17.0. The fourth-order valence-corrected chi connectivity index (χ4v) is 7.34. The lowest BCUT2D eigenvalue weighted by atomic mass is 9.46. The Kier molecular flexibility index (Phi) is 4.17. The second-order valence-corrected chi connectivity index (χ2v) is 10.3. The highest BCUT2D eigenvalue weighted by molar-refractivity contribution is 7.11. The number of hydrogen-bond donors (Lipinski definition) is 2. The van der Waals surface area contributed by atoms with E-state index in [0.29, 0.717) is 11.8 Å². The van der Waals surface area contributed by atoms with Crippen LogP contribution in [0.1, 0.15) is 74.0 Å². The Bertz CT molecular complexity index is 742. The van der Waals surface area contributed by atoms with Gasteiger partial charge in [-0.15, -0.1) is 11.3 Å². The van der Waals surface area contributed by atoms with Gasteiger partial charge in [0.15, 0.2) is 0 Å². The lowest BCUT2D eigenvalue weighted by Gasteiger charge is -2.61. The van der Waals surface area contributed by atoms with Gasteiger partial charge in [0.1, 0.15) is 0 Å². The highest BCUT2D eigenvalue weighted by Gasteiger charge is 2.60. The van der Waals surface area contributed by atoms with Crippen LogP contribution in [0.15, 0.2) is 0 Å². The molecule has 1 aromatic rings. The van der Waals surface area contributed by atoms with E-state index in [1.165, 1.54) is 6.42 Å². The van der Waals surface area contributed by atoms with Crippen molar-refractivity contribution in [1.82, 2.24) is 15.6 Å². The predicted octanol–water partition coefficient (Wildman–Crippen LogP) is 3.41. The summed E-state index contributed by atoms with van der Waals surface area (Å²) in [5.74, 6) is 1.35. The number of thiazole rings is 1. The smallest absolute Gasteiger partial charge is 0.226 e. The van der Waals surface area contributed by atoms with Crippen LogP contribution < -0.4 is 10.6 Å². The Labute approximate surface area is 159 Å². The molecule has 0 saturated heterocycles. The second kappa shape index (κ2) is 6.04. The van der Waals surface area contributed by atoms with Crippen LogP contribution in [0.4, 0.5) is 0 Å². The Hall–Kier alpha value is -1.43. The molecule has 4 bridgehead atoms. The third kappa shape index (κ3) is 2.96. The maximum Gasteiger partial charge on any atom is 0.226 e. The molecule has 0 aromatic carbocycles. The van der Waals surface area contributed by atoms with E-state index in [1.807, 2.05) is 13.8 Å². The van der Waals surface area contributed by atoms with Gasteiger partial charge < -0.3 is 10.6 Å². The van der Waals surface area contributed by atoms with Gasteiger partial charge in [0.05, 0.1) is 22.2 Å². The number of rotatable bonds is 4. The van der Waals surface area contributed by atoms with Gasteiger partial charge in [-0.2, -0.15) is 0 Å². The largest absolute Gasteiger partial charge is 0.351 e. The van der Waals surface area contributed by atoms with Crippen molar-refractivity contribution in [3.8, 4) is 0 Å². The minimum Gasteiger partial charge on any atom is -0.351 e. The Morgan fingerprint density at radius 1 is 1.19 bits per heavy atom. The summed E-state index contributed by atoms with van der Waals surface area (Å²) in [7, 11) is 0. The molecule has 2 N–H and O–H groups in total. The summed E-state index contributed by atoms with van der Waals surface area (Å²) in [5.41, 5.74) is 0.544. The van der Waals surface area contributed by atoms with E-state index in [-0.39, 0.29) is 28.8 Å². The first-order valence-corrected chi connectivity index (χ1v) is 10.6. The van der Waals surface area contributed by atoms with Crippen LogP contribution in [0.2, 0.25) is 0 Å². The van der Waals surface area contributed by atoms with E-state index in [9.17, 15) is 9.59 Å². The molecule has 142 valence electrons. The number of aromatic nitrogens is 1. The Morgan fingerprint density at radius 3 is 2.38 bits per heavy atom. The van der Waals surface area contributed by atoms with Crippen molar-refractivity contribution in [3.05, 3.63) is 15.6 Å². The van der Waals surface area contributed by atoms with E-state index in [1.54, 1.807) is 18.3 Å². The average molecular weight is 376 g/mol. The SMILES string of the molecule is CC(=O)NC12C[C@H]3C[C@@H](C1)CC(C(=O)N[C@@H](C)c1sc(C)nc1C)(C3)C2. The molecule has 1 heterocycles. The monoisotopic (exact) mass is 375 g/mol. The van der Waals surface area contributed by atoms with Gasteiger partial charge in [-0.25, -0.2) is 4.98 Å². The van der Waals surface area contributed by atoms with Crippen LogP contribution in [-0.2, 0) is 9.59 Å². The molecule has 5 nitrogen and oxygen atoms in total. The minimum atomic E-state index is -0.311. The highest BCUT2D eigenvalue weighted by atomic mass is 32.1. The zero-order valence-electron chi connectivity index (χ0n) is 16.1. The molecule has 2 amide bonds. The summed E-state index contributed by atoms with van der Waals surface area (Å²) in [6, 6.07) is -0.0154. The van der Waals surface area contributed by atoms with Crippen molar-refractivity contribution < 1.29 is 9.59 Å². The van der Waals surface area contributed by atoms with E-state index < -0.39 is 0 Å². The van der Waals surface area contributed by atoms with E-state index >= 15 is 0 Å². The second-order valence-electron chi connectivity index (χ2n) is 9.08. The maximum atomic E-state index is 13.4. The van der Waals surface area contributed by atoms with Crippen molar-refractivity contribution in [3.63, 3.8) is 0 Å². The molecule has 4 saturated carbocycles. The molecule has 5 atom stereocenters. The van der Waals surface area contributed by atoms with Crippen LogP contribution in [0.5, 0.6) is 0 Å². The van der Waals surface area contributed by atoms with Gasteiger partial charge in [-0.05, 0) is 71.1 Å². The van der Waals surface area contributed by atoms with E-state index in [4.69, 9.17) is 0 Å². The topological polar surface area (TPSA) is 71.1 Å². The lowest BCUT2D eigenvalue weighted by molar-refractivity contribution is -0.153. The molecule has 0 radical (unpaired) electrons. The predicted molar refractivity (Wildman–Crippen MR) is 102 cm³/mol. The first-order valence-electron chi connectivity index (χ1n) is 9.74. The summed E-state index contributed by atoms with van der Waals surface area (Å²) in [5, 5.41) is 7.57. The number of amides is 2. The highest BCUT2D eigenvalue weighted by Crippen LogP contribution is 2.61. The summed E-state index contributed by atoms with van der Waals surface area (Å²) in [6.07, 6.45) is 6.06. The van der Waals surface area contributed by atoms with Crippen molar-refractivity contribution in [2.24, 2.45) is 17.3 Å². The summed E-state index contributed by atoms with van der Waals surface area (Å²) >= 11 is 1.67. The van der Waals surface area contributed by atoms with Crippen molar-refractivity contribution in [1.29, 1.82) is 0 Å². The summed E-state index contributed by atoms with van der Waals surface area (Å²) < 4.78 is 0. The van der Waals surface area contributed by atoms with Gasteiger partial charge >= 0.3 is 0 Å². The molecular formula is C20H29N3O2S. The molecule has 5 rings (SSSR count). The summed E-state index contributed by atoms with van der Waals surface area (Å²) in [4.78, 5) is 30.8. The third-order valence-electron chi connectivity index (χ3n) is 6.66. The van der Waals surface area contributed by atoms with Gasteiger partial charge in [-0.1, -0.05) is 0 Å². The van der Waals surface area contributed by atoms with E-state index in [2.05, 4.69) is 22.5 Å². The number of carbonyl (C=O) groups excluding carboxylic acids is 2. The minimum absolute atomic E-state index is 0.0154. The van der Waals surface area contributed by atoms with Crippen molar-refractivity contribution in [2.45, 2.75) is 77.8 Å². The number of aryl methyl sites for hydroxylation is 2. The quantitative estimate of drug-likeness (QED) is 0.847. The van der Waals surface area contributed by atoms with Gasteiger partial charge in [-0.3, -0.25) is 9.59 Å². The van der Waals surface area contributed by atoms with Gasteiger partial charge in [0.25, 0.3) is 0 Å². The van der Waals surface area contributed by atoms with Crippen molar-refractivity contribution in [2.75, 3.05) is 0 Å². The number of nitrogens with one attached hydrogen (secondary N) is 2. The molecule has 4 aliphatic carbocycles. The van der Waals surface area contributed by atoms with Crippen LogP contribution >= 0.6 is 11.3 Å². The maximum absolute atomic E-state index is 13.4. The fourth-order valence-electron chi connectivity index (χ4n) is 6.41. The van der Waals surface area contributed by atoms with E-state index in [0.717, 1.165) is 47.7 Å². The molecule has 4 aliphatic rings. The third-order valence-corrected chi connectivity index (χ3v) is 7.92. The number of carbonyl (C=O) groups is 2. The molecule has 6 heteroatoms. The lowest BCUT2D eigenvalue weighted by Crippen LogP contribution is -2.65. The first kappa shape index (κ1) is 18.0. The number of hydrogen-bond acceptors (Lipinski definition) is 4. The van der Waals surface area contributed by atoms with Crippen LogP contribution in [0, 0.1) is 31.1 Å². The first-order chi connectivity index (χ1) is 12.2. The molecule has 1 aromatic heterocycles. The Morgan fingerprint density at radius 2 is 1.85 bits per heavy atom. The molecule has 2 unspecified atom stereocenters. The Balaban J connectivity index is 1.55. The average Bonchev–Trinajstić information content (AvgIpc) is 2.83. The zero-order chi connectivity index (χ0) is 18.7. The van der Waals surface area contributed by atoms with Crippen LogP contribution in [0.25, 0.3) is 0 Å². The standard InChI is InChI=1S/C20H29N3O2S/c1-11-17(26-14(4)21-11)12(2)22-18(25)19-6-15-5-16(7-19)9-20(8-15,10-19)23-13(3)24/h12,15-16H,5-10H2,1-4H3,(H,22,25)(H,23,24)/t12-,15-,16+,19?,20?/m0/s1. The van der Waals surface area contributed by atoms with Crippen LogP contribution in [-0.4, -0.2) is 22.3 Å². The van der Waals surface area contributed by atoms with Crippen molar-refractivity contribution >= 4 is 23.2 Å². The van der Waals surface area contributed by atoms with Gasteiger partial charge in [0, 0.05) is 17.3 Å². The molecule has 0 aliphatic heterocycles. The normalized spacial score (nSPS) is 36.0.